The molecule has 1 atom stereocenters. The lowest BCUT2D eigenvalue weighted by atomic mass is 9.82. The zero-order chi connectivity index (χ0) is 29.4. The molecule has 4 aliphatic rings. The number of nitrogens with one attached hydrogen (secondary N) is 1. The van der Waals surface area contributed by atoms with Crippen molar-refractivity contribution < 1.29 is 0 Å². The minimum atomic E-state index is -0.0706. The Balaban J connectivity index is 1.28. The summed E-state index contributed by atoms with van der Waals surface area (Å²) in [5.74, 6) is 0.895. The van der Waals surface area contributed by atoms with Gasteiger partial charge in [0.1, 0.15) is 6.04 Å². The molecule has 0 radical (unpaired) electrons. The highest BCUT2D eigenvalue weighted by Gasteiger charge is 2.38. The second-order valence-electron chi connectivity index (χ2n) is 13.1. The van der Waals surface area contributed by atoms with Gasteiger partial charge in [-0.2, -0.15) is 0 Å². The third-order valence-corrected chi connectivity index (χ3v) is 10.3. The highest BCUT2D eigenvalue weighted by molar-refractivity contribution is 6.21. The SMILES string of the molecule is CC1(C)c2ccccc2-c2c1ccc1c3ccccc3n(C3=NC(C4=CC=C(C5=CC=CCC5)CC4)c4ccccc4N3)c21. The fourth-order valence-corrected chi connectivity index (χ4v) is 8.07. The van der Waals surface area contributed by atoms with Crippen molar-refractivity contribution >= 4 is 33.5 Å². The van der Waals surface area contributed by atoms with Gasteiger partial charge in [0.25, 0.3) is 0 Å². The summed E-state index contributed by atoms with van der Waals surface area (Å²) in [5.41, 5.74) is 14.5. The van der Waals surface area contributed by atoms with Gasteiger partial charge in [0.2, 0.25) is 5.96 Å². The Hall–Kier alpha value is -4.89. The van der Waals surface area contributed by atoms with Gasteiger partial charge in [-0.05, 0) is 71.2 Å². The predicted octanol–water partition coefficient (Wildman–Crippen LogP) is 10.4. The van der Waals surface area contributed by atoms with Crippen molar-refractivity contribution in [1.82, 2.24) is 4.57 Å². The molecule has 0 bridgehead atoms. The monoisotopic (exact) mass is 569 g/mol. The number of anilines is 1. The molecule has 1 unspecified atom stereocenters. The van der Waals surface area contributed by atoms with Crippen LogP contribution in [0.3, 0.4) is 0 Å². The van der Waals surface area contributed by atoms with Gasteiger partial charge in [-0.15, -0.1) is 0 Å². The fourth-order valence-electron chi connectivity index (χ4n) is 8.07. The van der Waals surface area contributed by atoms with Gasteiger partial charge in [0, 0.05) is 33.0 Å². The lowest BCUT2D eigenvalue weighted by Crippen LogP contribution is -2.28. The summed E-state index contributed by atoms with van der Waals surface area (Å²) >= 11 is 0. The van der Waals surface area contributed by atoms with Gasteiger partial charge >= 0.3 is 0 Å². The predicted molar refractivity (Wildman–Crippen MR) is 185 cm³/mol. The molecule has 9 rings (SSSR count). The number of rotatable bonds is 2. The molecule has 5 aromatic rings. The number of benzene rings is 4. The first kappa shape index (κ1) is 25.6. The summed E-state index contributed by atoms with van der Waals surface area (Å²) in [4.78, 5) is 5.59. The van der Waals surface area contributed by atoms with E-state index in [0.717, 1.165) is 37.3 Å². The number of allylic oxidation sites excluding steroid dienone is 7. The van der Waals surface area contributed by atoms with Crippen LogP contribution in [-0.4, -0.2) is 10.5 Å². The van der Waals surface area contributed by atoms with Crippen LogP contribution in [0.15, 0.2) is 137 Å². The first-order chi connectivity index (χ1) is 21.6. The third kappa shape index (κ3) is 3.65. The van der Waals surface area contributed by atoms with Crippen LogP contribution < -0.4 is 5.32 Å². The number of aliphatic imine (C=N–C) groups is 1. The van der Waals surface area contributed by atoms with E-state index in [-0.39, 0.29) is 11.5 Å². The van der Waals surface area contributed by atoms with Crippen molar-refractivity contribution in [3.05, 3.63) is 149 Å². The van der Waals surface area contributed by atoms with E-state index in [0.29, 0.717) is 0 Å². The number of aromatic nitrogens is 1. The van der Waals surface area contributed by atoms with Crippen LogP contribution in [0.5, 0.6) is 0 Å². The minimum absolute atomic E-state index is 0.0304. The molecule has 44 heavy (non-hydrogen) atoms. The van der Waals surface area contributed by atoms with Crippen LogP contribution in [-0.2, 0) is 5.41 Å². The van der Waals surface area contributed by atoms with Crippen LogP contribution in [0.2, 0.25) is 0 Å². The maximum atomic E-state index is 5.59. The largest absolute Gasteiger partial charge is 0.325 e. The van der Waals surface area contributed by atoms with Gasteiger partial charge in [-0.25, -0.2) is 4.99 Å². The van der Waals surface area contributed by atoms with Crippen molar-refractivity contribution in [3.8, 4) is 11.1 Å². The van der Waals surface area contributed by atoms with Gasteiger partial charge in [-0.3, -0.25) is 4.57 Å². The topological polar surface area (TPSA) is 29.3 Å². The molecule has 0 amide bonds. The van der Waals surface area contributed by atoms with E-state index in [4.69, 9.17) is 4.99 Å². The second-order valence-corrected chi connectivity index (χ2v) is 13.1. The van der Waals surface area contributed by atoms with Crippen molar-refractivity contribution in [3.63, 3.8) is 0 Å². The number of fused-ring (bicyclic) bond motifs is 8. The van der Waals surface area contributed by atoms with Crippen LogP contribution in [0.25, 0.3) is 32.9 Å². The molecular weight excluding hydrogens is 534 g/mol. The second kappa shape index (κ2) is 9.56. The van der Waals surface area contributed by atoms with E-state index >= 15 is 0 Å². The number of nitrogens with zero attached hydrogens (tertiary/aromatic N) is 2. The molecule has 1 N–H and O–H groups in total. The number of para-hydroxylation sites is 2. The molecule has 3 heteroatoms. The van der Waals surface area contributed by atoms with Crippen molar-refractivity contribution in [2.45, 2.75) is 51.0 Å². The molecule has 0 saturated carbocycles. The van der Waals surface area contributed by atoms with Crippen molar-refractivity contribution in [2.75, 3.05) is 5.32 Å². The molecule has 0 fully saturated rings. The number of hydrogen-bond donors (Lipinski definition) is 1. The third-order valence-electron chi connectivity index (χ3n) is 10.3. The Morgan fingerprint density at radius 1 is 0.750 bits per heavy atom. The van der Waals surface area contributed by atoms with Gasteiger partial charge in [-0.1, -0.05) is 117 Å². The van der Waals surface area contributed by atoms with E-state index in [2.05, 4.69) is 139 Å². The van der Waals surface area contributed by atoms with Crippen molar-refractivity contribution in [2.24, 2.45) is 4.99 Å². The maximum absolute atomic E-state index is 5.59. The highest BCUT2D eigenvalue weighted by Crippen LogP contribution is 2.52. The Bertz CT molecular complexity index is 2180. The molecule has 0 saturated heterocycles. The minimum Gasteiger partial charge on any atom is -0.325 e. The summed E-state index contributed by atoms with van der Waals surface area (Å²) < 4.78 is 2.41. The standard InChI is InChI=1S/C41H35N3/c1-41(2)33-17-9-6-15-31(33)37-34(41)25-24-30-29-14-8-11-19-36(29)44(39(30)37)40-42-35-18-10-7-16-32(35)38(43-40)28-22-20-27(21-23-28)26-12-4-3-5-13-26/h3-4,6-12,14-20,22,24-25,38H,5,13,21,23H2,1-2H3,(H,42,43). The average molecular weight is 570 g/mol. The van der Waals surface area contributed by atoms with Crippen LogP contribution in [0, 0.1) is 0 Å². The van der Waals surface area contributed by atoms with Crippen LogP contribution in [0.4, 0.5) is 5.69 Å². The molecule has 2 heterocycles. The molecule has 1 aliphatic heterocycles. The van der Waals surface area contributed by atoms with E-state index in [1.54, 1.807) is 0 Å². The summed E-state index contributed by atoms with van der Waals surface area (Å²) in [7, 11) is 0. The average Bonchev–Trinajstić information content (AvgIpc) is 3.54. The first-order valence-corrected chi connectivity index (χ1v) is 16.0. The maximum Gasteiger partial charge on any atom is 0.208 e. The van der Waals surface area contributed by atoms with E-state index in [1.165, 1.54) is 66.3 Å². The Labute approximate surface area is 258 Å². The van der Waals surface area contributed by atoms with Crippen molar-refractivity contribution in [1.29, 1.82) is 0 Å². The Morgan fingerprint density at radius 2 is 1.57 bits per heavy atom. The van der Waals surface area contributed by atoms with Gasteiger partial charge in [0.05, 0.1) is 11.0 Å². The summed E-state index contributed by atoms with van der Waals surface area (Å²) in [6.45, 7) is 4.71. The van der Waals surface area contributed by atoms with E-state index in [9.17, 15) is 0 Å². The van der Waals surface area contributed by atoms with Crippen LogP contribution >= 0.6 is 0 Å². The van der Waals surface area contributed by atoms with Crippen LogP contribution in [0.1, 0.15) is 62.3 Å². The normalized spacial score (nSPS) is 19.8. The summed E-state index contributed by atoms with van der Waals surface area (Å²) in [5, 5.41) is 6.33. The lowest BCUT2D eigenvalue weighted by Gasteiger charge is -2.29. The lowest BCUT2D eigenvalue weighted by molar-refractivity contribution is 0.661. The fraction of sp³-hybridized carbons (Fsp3) is 0.195. The van der Waals surface area contributed by atoms with Gasteiger partial charge < -0.3 is 5.32 Å². The Morgan fingerprint density at radius 3 is 2.43 bits per heavy atom. The molecule has 1 aromatic heterocycles. The molecule has 3 nitrogen and oxygen atoms in total. The smallest absolute Gasteiger partial charge is 0.208 e. The molecule has 214 valence electrons. The van der Waals surface area contributed by atoms with Gasteiger partial charge in [0.15, 0.2) is 0 Å². The van der Waals surface area contributed by atoms with E-state index in [1.807, 2.05) is 0 Å². The quantitative estimate of drug-likeness (QED) is 0.225. The zero-order valence-corrected chi connectivity index (χ0v) is 25.3. The first-order valence-electron chi connectivity index (χ1n) is 16.0. The van der Waals surface area contributed by atoms with E-state index < -0.39 is 0 Å². The summed E-state index contributed by atoms with van der Waals surface area (Å²) in [6.07, 6.45) is 15.8. The molecule has 3 aliphatic carbocycles. The molecule has 4 aromatic carbocycles. The Kier molecular flexibility index (Phi) is 5.56. The highest BCUT2D eigenvalue weighted by atomic mass is 15.2. The zero-order valence-electron chi connectivity index (χ0n) is 25.3. The number of hydrogen-bond acceptors (Lipinski definition) is 2. The molecule has 0 spiro atoms. The molecular formula is C41H35N3. The summed E-state index contributed by atoms with van der Waals surface area (Å²) in [6, 6.07) is 31.1.